The highest BCUT2D eigenvalue weighted by atomic mass is 32.2. The fraction of sp³-hybridized carbons (Fsp3) is 0.273. The number of sulfonamides is 1. The average molecular weight is 572 g/mol. The quantitative estimate of drug-likeness (QED) is 0.277. The van der Waals surface area contributed by atoms with E-state index in [9.17, 15) is 18.0 Å². The summed E-state index contributed by atoms with van der Waals surface area (Å²) in [6, 6.07) is 28.7. The molecule has 1 atom stereocenters. The maximum absolute atomic E-state index is 14.0. The van der Waals surface area contributed by atoms with Crippen LogP contribution in [0, 0.1) is 6.92 Å². The van der Waals surface area contributed by atoms with Crippen LogP contribution in [0.4, 0.5) is 0 Å². The summed E-state index contributed by atoms with van der Waals surface area (Å²) < 4.78 is 28.1. The number of rotatable bonds is 11. The van der Waals surface area contributed by atoms with Crippen molar-refractivity contribution in [1.29, 1.82) is 0 Å². The largest absolute Gasteiger partial charge is 0.352 e. The molecular formula is C33H37N3O4S. The van der Waals surface area contributed by atoms with Crippen LogP contribution in [0.15, 0.2) is 102 Å². The molecule has 0 aliphatic carbocycles. The maximum atomic E-state index is 14.0. The van der Waals surface area contributed by atoms with Crippen molar-refractivity contribution in [2.45, 2.75) is 50.7 Å². The van der Waals surface area contributed by atoms with E-state index >= 15 is 0 Å². The van der Waals surface area contributed by atoms with Crippen LogP contribution in [-0.4, -0.2) is 55.1 Å². The van der Waals surface area contributed by atoms with Gasteiger partial charge in [0, 0.05) is 26.1 Å². The van der Waals surface area contributed by atoms with E-state index in [2.05, 4.69) is 5.32 Å². The van der Waals surface area contributed by atoms with Gasteiger partial charge in [0.25, 0.3) is 0 Å². The van der Waals surface area contributed by atoms with Gasteiger partial charge in [0.15, 0.2) is 0 Å². The van der Waals surface area contributed by atoms with Crippen LogP contribution < -0.4 is 5.32 Å². The molecule has 0 spiro atoms. The van der Waals surface area contributed by atoms with Gasteiger partial charge in [0.05, 0.1) is 11.4 Å². The number of nitrogens with one attached hydrogen (secondary N) is 1. The van der Waals surface area contributed by atoms with Gasteiger partial charge >= 0.3 is 0 Å². The number of hydrogen-bond donors (Lipinski definition) is 1. The molecule has 41 heavy (non-hydrogen) atoms. The van der Waals surface area contributed by atoms with Crippen molar-refractivity contribution in [1.82, 2.24) is 14.5 Å². The Morgan fingerprint density at radius 1 is 0.805 bits per heavy atom. The second-order valence-corrected chi connectivity index (χ2v) is 12.7. The molecule has 0 aliphatic heterocycles. The van der Waals surface area contributed by atoms with E-state index in [4.69, 9.17) is 0 Å². The molecule has 4 rings (SSSR count). The highest BCUT2D eigenvalue weighted by molar-refractivity contribution is 7.89. The fourth-order valence-electron chi connectivity index (χ4n) is 4.70. The van der Waals surface area contributed by atoms with Crippen molar-refractivity contribution < 1.29 is 18.0 Å². The molecule has 0 radical (unpaired) electrons. The summed E-state index contributed by atoms with van der Waals surface area (Å²) >= 11 is 0. The van der Waals surface area contributed by atoms with Gasteiger partial charge in [0.2, 0.25) is 21.8 Å². The van der Waals surface area contributed by atoms with E-state index in [0.717, 1.165) is 31.8 Å². The van der Waals surface area contributed by atoms with Crippen LogP contribution in [0.2, 0.25) is 0 Å². The first-order valence-corrected chi connectivity index (χ1v) is 15.1. The molecule has 0 aromatic heterocycles. The number of likely N-dealkylation sites (N-methyl/N-ethyl adjacent to an activating group) is 1. The molecule has 0 bridgehead atoms. The maximum Gasteiger partial charge on any atom is 0.243 e. The van der Waals surface area contributed by atoms with Gasteiger partial charge in [0.1, 0.15) is 6.04 Å². The summed E-state index contributed by atoms with van der Waals surface area (Å²) in [4.78, 5) is 29.1. The summed E-state index contributed by atoms with van der Waals surface area (Å²) in [6.45, 7) is 5.46. The minimum atomic E-state index is -3.98. The number of aryl methyl sites for hydroxylation is 1. The Morgan fingerprint density at radius 2 is 1.44 bits per heavy atom. The van der Waals surface area contributed by atoms with Gasteiger partial charge in [-0.05, 0) is 54.8 Å². The number of nitrogens with zero attached hydrogens (tertiary/aromatic N) is 2. The van der Waals surface area contributed by atoms with E-state index in [-0.39, 0.29) is 29.8 Å². The van der Waals surface area contributed by atoms with Gasteiger partial charge in [-0.25, -0.2) is 8.42 Å². The molecular weight excluding hydrogens is 534 g/mol. The summed E-state index contributed by atoms with van der Waals surface area (Å²) in [7, 11) is -2.58. The summed E-state index contributed by atoms with van der Waals surface area (Å²) in [5.41, 5.74) is 2.82. The average Bonchev–Trinajstić information content (AvgIpc) is 2.95. The number of benzene rings is 4. The highest BCUT2D eigenvalue weighted by Gasteiger charge is 2.33. The van der Waals surface area contributed by atoms with E-state index < -0.39 is 28.5 Å². The van der Waals surface area contributed by atoms with E-state index in [1.54, 1.807) is 18.2 Å². The fourth-order valence-corrected chi connectivity index (χ4v) is 5.86. The molecule has 4 aromatic carbocycles. The van der Waals surface area contributed by atoms with Crippen LogP contribution >= 0.6 is 0 Å². The molecule has 0 saturated carbocycles. The zero-order valence-corrected chi connectivity index (χ0v) is 24.8. The van der Waals surface area contributed by atoms with Gasteiger partial charge < -0.3 is 10.2 Å². The second kappa shape index (κ2) is 13.1. The molecule has 0 saturated heterocycles. The first kappa shape index (κ1) is 30.0. The number of carbonyl (C=O) groups excluding carboxylic acids is 2. The lowest BCUT2D eigenvalue weighted by Crippen LogP contribution is -2.53. The third-order valence-electron chi connectivity index (χ3n) is 6.96. The van der Waals surface area contributed by atoms with Crippen molar-refractivity contribution in [3.05, 3.63) is 114 Å². The number of fused-ring (bicyclic) bond motifs is 1. The standard InChI is InChI=1S/C33H37N3O4S/c1-24(2)34-33(38)31(20-26-10-6-5-7-11-26)36(22-27-16-14-25(3)15-17-27)32(37)23-35(4)41(39,40)30-19-18-28-12-8-9-13-29(28)21-30/h5-19,21,24,31H,20,22-23H2,1-4H3,(H,34,38)/t31-/m1/s1. The number of carbonyl (C=O) groups is 2. The lowest BCUT2D eigenvalue weighted by atomic mass is 10.0. The Hall–Kier alpha value is -4.01. The zero-order valence-electron chi connectivity index (χ0n) is 23.9. The number of amides is 2. The monoisotopic (exact) mass is 571 g/mol. The molecule has 8 heteroatoms. The molecule has 0 unspecified atom stereocenters. The normalized spacial score (nSPS) is 12.4. The van der Waals surface area contributed by atoms with Crippen molar-refractivity contribution in [3.63, 3.8) is 0 Å². The molecule has 0 heterocycles. The first-order valence-electron chi connectivity index (χ1n) is 13.7. The SMILES string of the molecule is Cc1ccc(CN(C(=O)CN(C)S(=O)(=O)c2ccc3ccccc3c2)[C@H](Cc2ccccc2)C(=O)NC(C)C)cc1. The van der Waals surface area contributed by atoms with E-state index in [0.29, 0.717) is 0 Å². The third kappa shape index (κ3) is 7.60. The van der Waals surface area contributed by atoms with Gasteiger partial charge in [-0.2, -0.15) is 4.31 Å². The van der Waals surface area contributed by atoms with Crippen LogP contribution in [0.5, 0.6) is 0 Å². The van der Waals surface area contributed by atoms with Gasteiger partial charge in [-0.1, -0.05) is 90.5 Å². The predicted molar refractivity (Wildman–Crippen MR) is 163 cm³/mol. The molecule has 0 aliphatic rings. The van der Waals surface area contributed by atoms with Gasteiger partial charge in [-0.3, -0.25) is 9.59 Å². The summed E-state index contributed by atoms with van der Waals surface area (Å²) in [6.07, 6.45) is 0.290. The van der Waals surface area contributed by atoms with Crippen LogP contribution in [-0.2, 0) is 32.6 Å². The van der Waals surface area contributed by atoms with Crippen molar-refractivity contribution >= 4 is 32.6 Å². The highest BCUT2D eigenvalue weighted by Crippen LogP contribution is 2.22. The second-order valence-electron chi connectivity index (χ2n) is 10.6. The van der Waals surface area contributed by atoms with Crippen LogP contribution in [0.25, 0.3) is 10.8 Å². The van der Waals surface area contributed by atoms with Crippen molar-refractivity contribution in [3.8, 4) is 0 Å². The van der Waals surface area contributed by atoms with Crippen molar-refractivity contribution in [2.24, 2.45) is 0 Å². The van der Waals surface area contributed by atoms with Crippen molar-refractivity contribution in [2.75, 3.05) is 13.6 Å². The molecule has 2 amide bonds. The Bertz CT molecular complexity index is 1600. The Kier molecular flexibility index (Phi) is 9.57. The minimum Gasteiger partial charge on any atom is -0.352 e. The lowest BCUT2D eigenvalue weighted by Gasteiger charge is -2.33. The van der Waals surface area contributed by atoms with E-state index in [1.807, 2.05) is 99.6 Å². The zero-order chi connectivity index (χ0) is 29.6. The first-order chi connectivity index (χ1) is 19.5. The van der Waals surface area contributed by atoms with Crippen LogP contribution in [0.3, 0.4) is 0 Å². The van der Waals surface area contributed by atoms with Gasteiger partial charge in [-0.15, -0.1) is 0 Å². The smallest absolute Gasteiger partial charge is 0.243 e. The van der Waals surface area contributed by atoms with E-state index in [1.165, 1.54) is 11.9 Å². The molecule has 1 N–H and O–H groups in total. The Labute approximate surface area is 242 Å². The molecule has 4 aromatic rings. The van der Waals surface area contributed by atoms with Crippen LogP contribution in [0.1, 0.15) is 30.5 Å². The third-order valence-corrected chi connectivity index (χ3v) is 8.76. The molecule has 214 valence electrons. The Morgan fingerprint density at radius 3 is 2.10 bits per heavy atom. The topological polar surface area (TPSA) is 86.8 Å². The molecule has 7 nitrogen and oxygen atoms in total. The minimum absolute atomic E-state index is 0.106. The summed E-state index contributed by atoms with van der Waals surface area (Å²) in [5.74, 6) is -0.748. The lowest BCUT2D eigenvalue weighted by molar-refractivity contribution is -0.141. The summed E-state index contributed by atoms with van der Waals surface area (Å²) in [5, 5.41) is 4.67. The predicted octanol–water partition coefficient (Wildman–Crippen LogP) is 4.93. The number of hydrogen-bond acceptors (Lipinski definition) is 4. The Balaban J connectivity index is 1.66. The molecule has 0 fully saturated rings.